The molecule has 0 saturated heterocycles. The highest BCUT2D eigenvalue weighted by Crippen LogP contribution is 2.22. The van der Waals surface area contributed by atoms with E-state index in [0.29, 0.717) is 4.47 Å². The lowest BCUT2D eigenvalue weighted by Crippen LogP contribution is -2.15. The van der Waals surface area contributed by atoms with Crippen molar-refractivity contribution in [1.29, 1.82) is 0 Å². The fourth-order valence-corrected chi connectivity index (χ4v) is 2.68. The second-order valence-electron chi connectivity index (χ2n) is 3.87. The van der Waals surface area contributed by atoms with E-state index in [0.717, 1.165) is 18.2 Å². The third-order valence-electron chi connectivity index (χ3n) is 2.44. The number of rotatable bonds is 3. The van der Waals surface area contributed by atoms with E-state index >= 15 is 0 Å². The van der Waals surface area contributed by atoms with Crippen molar-refractivity contribution in [3.63, 3.8) is 0 Å². The van der Waals surface area contributed by atoms with Gasteiger partial charge < -0.3 is 5.32 Å². The van der Waals surface area contributed by atoms with Gasteiger partial charge >= 0.3 is 0 Å². The molecule has 0 fully saturated rings. The van der Waals surface area contributed by atoms with Crippen LogP contribution in [-0.4, -0.2) is 19.3 Å². The summed E-state index contributed by atoms with van der Waals surface area (Å²) in [6.45, 7) is 0. The molecule has 1 aromatic carbocycles. The summed E-state index contributed by atoms with van der Waals surface area (Å²) in [5, 5.41) is 2.30. The van der Waals surface area contributed by atoms with E-state index in [2.05, 4.69) is 26.2 Å². The number of hydrogen-bond acceptors (Lipinski definition) is 4. The normalized spacial score (nSPS) is 11.2. The first-order chi connectivity index (χ1) is 9.79. The molecule has 1 aromatic heterocycles. The minimum absolute atomic E-state index is 0.0749. The molecule has 0 bridgehead atoms. The molecule has 0 saturated carbocycles. The van der Waals surface area contributed by atoms with E-state index in [1.54, 1.807) is 12.1 Å². The Hall–Kier alpha value is -1.51. The second kappa shape index (κ2) is 6.08. The van der Waals surface area contributed by atoms with Crippen molar-refractivity contribution >= 4 is 47.3 Å². The van der Waals surface area contributed by atoms with Crippen LogP contribution in [-0.2, 0) is 9.05 Å². The third kappa shape index (κ3) is 3.78. The maximum Gasteiger partial charge on any atom is 0.275 e. The standard InChI is InChI=1S/C12H7BrClFN2O3S/c13-8-2-1-5-16-11(8)12(18)17-10-4-3-7(6-9(10)15)21(14,19)20/h1-6H,(H,17,18). The van der Waals surface area contributed by atoms with E-state index in [1.807, 2.05) is 0 Å². The molecule has 9 heteroatoms. The first-order valence-electron chi connectivity index (χ1n) is 5.45. The van der Waals surface area contributed by atoms with Gasteiger partial charge in [0.2, 0.25) is 0 Å². The summed E-state index contributed by atoms with van der Waals surface area (Å²) in [4.78, 5) is 15.4. The molecule has 1 amide bonds. The van der Waals surface area contributed by atoms with Gasteiger partial charge in [-0.25, -0.2) is 17.8 Å². The lowest BCUT2D eigenvalue weighted by molar-refractivity contribution is 0.102. The highest BCUT2D eigenvalue weighted by Gasteiger charge is 2.16. The van der Waals surface area contributed by atoms with Gasteiger partial charge in [0.1, 0.15) is 11.5 Å². The number of hydrogen-bond donors (Lipinski definition) is 1. The number of nitrogens with zero attached hydrogens (tertiary/aromatic N) is 1. The average molecular weight is 394 g/mol. The number of carbonyl (C=O) groups is 1. The van der Waals surface area contributed by atoms with E-state index in [4.69, 9.17) is 10.7 Å². The van der Waals surface area contributed by atoms with Crippen molar-refractivity contribution in [2.45, 2.75) is 4.90 Å². The maximum absolute atomic E-state index is 13.8. The molecule has 5 nitrogen and oxygen atoms in total. The van der Waals surface area contributed by atoms with E-state index in [-0.39, 0.29) is 11.4 Å². The van der Waals surface area contributed by atoms with Crippen molar-refractivity contribution in [3.8, 4) is 0 Å². The van der Waals surface area contributed by atoms with Gasteiger partial charge in [-0.15, -0.1) is 0 Å². The summed E-state index contributed by atoms with van der Waals surface area (Å²) in [7, 11) is 1.08. The smallest absolute Gasteiger partial charge is 0.275 e. The van der Waals surface area contributed by atoms with Crippen LogP contribution in [0.3, 0.4) is 0 Å². The van der Waals surface area contributed by atoms with Gasteiger partial charge in [-0.1, -0.05) is 0 Å². The molecule has 0 spiro atoms. The van der Waals surface area contributed by atoms with Crippen LogP contribution < -0.4 is 5.32 Å². The minimum atomic E-state index is -4.03. The van der Waals surface area contributed by atoms with Gasteiger partial charge in [0, 0.05) is 21.4 Å². The maximum atomic E-state index is 13.8. The fraction of sp³-hybridized carbons (Fsp3) is 0. The molecule has 0 atom stereocenters. The molecule has 1 N–H and O–H groups in total. The lowest BCUT2D eigenvalue weighted by Gasteiger charge is -2.07. The van der Waals surface area contributed by atoms with E-state index in [1.165, 1.54) is 6.20 Å². The van der Waals surface area contributed by atoms with Gasteiger partial charge in [0.25, 0.3) is 15.0 Å². The topological polar surface area (TPSA) is 76.1 Å². The molecule has 0 aliphatic heterocycles. The Bertz CT molecular complexity index is 814. The predicted octanol–water partition coefficient (Wildman–Crippen LogP) is 3.16. The number of benzene rings is 1. The zero-order chi connectivity index (χ0) is 15.6. The summed E-state index contributed by atoms with van der Waals surface area (Å²) < 4.78 is 36.4. The Morgan fingerprint density at radius 1 is 1.33 bits per heavy atom. The molecule has 21 heavy (non-hydrogen) atoms. The van der Waals surface area contributed by atoms with Crippen LogP contribution >= 0.6 is 26.6 Å². The van der Waals surface area contributed by atoms with Crippen molar-refractivity contribution < 1.29 is 17.6 Å². The Balaban J connectivity index is 2.29. The summed E-state index contributed by atoms with van der Waals surface area (Å²) in [5.41, 5.74) is -0.104. The molecule has 1 heterocycles. The SMILES string of the molecule is O=C(Nc1ccc(S(=O)(=O)Cl)cc1F)c1ncccc1Br. The lowest BCUT2D eigenvalue weighted by atomic mass is 10.3. The summed E-state index contributed by atoms with van der Waals surface area (Å²) in [6, 6.07) is 6.17. The van der Waals surface area contributed by atoms with Crippen LogP contribution in [0.25, 0.3) is 0 Å². The summed E-state index contributed by atoms with van der Waals surface area (Å²) >= 11 is 3.15. The number of halogens is 3. The number of nitrogens with one attached hydrogen (secondary N) is 1. The Morgan fingerprint density at radius 2 is 2.05 bits per heavy atom. The van der Waals surface area contributed by atoms with Gasteiger partial charge in [-0.3, -0.25) is 4.79 Å². The zero-order valence-electron chi connectivity index (χ0n) is 10.2. The van der Waals surface area contributed by atoms with E-state index < -0.39 is 25.7 Å². The van der Waals surface area contributed by atoms with Crippen LogP contribution in [0.1, 0.15) is 10.5 Å². The van der Waals surface area contributed by atoms with Crippen molar-refractivity contribution in [3.05, 3.63) is 52.5 Å². The number of amides is 1. The molecule has 2 rings (SSSR count). The molecular formula is C12H7BrClFN2O3S. The van der Waals surface area contributed by atoms with Crippen LogP contribution in [0, 0.1) is 5.82 Å². The first kappa shape index (κ1) is 15.9. The highest BCUT2D eigenvalue weighted by molar-refractivity contribution is 9.10. The monoisotopic (exact) mass is 392 g/mol. The average Bonchev–Trinajstić information content (AvgIpc) is 2.40. The zero-order valence-corrected chi connectivity index (χ0v) is 13.3. The van der Waals surface area contributed by atoms with Crippen molar-refractivity contribution in [2.24, 2.45) is 0 Å². The number of anilines is 1. The molecule has 110 valence electrons. The largest absolute Gasteiger partial charge is 0.318 e. The minimum Gasteiger partial charge on any atom is -0.318 e. The highest BCUT2D eigenvalue weighted by atomic mass is 79.9. The molecular weight excluding hydrogens is 387 g/mol. The number of carbonyl (C=O) groups excluding carboxylic acids is 1. The van der Waals surface area contributed by atoms with E-state index in [9.17, 15) is 17.6 Å². The molecule has 0 aliphatic rings. The molecule has 0 radical (unpaired) electrons. The number of pyridine rings is 1. The van der Waals surface area contributed by atoms with Crippen LogP contribution in [0.5, 0.6) is 0 Å². The molecule has 0 aliphatic carbocycles. The van der Waals surface area contributed by atoms with Crippen LogP contribution in [0.2, 0.25) is 0 Å². The Kier molecular flexibility index (Phi) is 4.60. The van der Waals surface area contributed by atoms with Crippen molar-refractivity contribution in [1.82, 2.24) is 4.98 Å². The quantitative estimate of drug-likeness (QED) is 0.813. The molecule has 0 unspecified atom stereocenters. The van der Waals surface area contributed by atoms with Gasteiger partial charge in [0.05, 0.1) is 10.6 Å². The summed E-state index contributed by atoms with van der Waals surface area (Å²) in [6.07, 6.45) is 1.42. The van der Waals surface area contributed by atoms with Crippen LogP contribution in [0.15, 0.2) is 45.9 Å². The van der Waals surface area contributed by atoms with Gasteiger partial charge in [0.15, 0.2) is 0 Å². The van der Waals surface area contributed by atoms with Gasteiger partial charge in [-0.2, -0.15) is 0 Å². The van der Waals surface area contributed by atoms with Gasteiger partial charge in [-0.05, 0) is 46.3 Å². The predicted molar refractivity (Wildman–Crippen MR) is 79.3 cm³/mol. The fourth-order valence-electron chi connectivity index (χ4n) is 1.48. The van der Waals surface area contributed by atoms with Crippen molar-refractivity contribution in [2.75, 3.05) is 5.32 Å². The molecule has 2 aromatic rings. The second-order valence-corrected chi connectivity index (χ2v) is 7.29. The third-order valence-corrected chi connectivity index (χ3v) is 4.44. The Morgan fingerprint density at radius 3 is 2.62 bits per heavy atom. The van der Waals surface area contributed by atoms with Crippen LogP contribution in [0.4, 0.5) is 10.1 Å². The first-order valence-corrected chi connectivity index (χ1v) is 8.55. The summed E-state index contributed by atoms with van der Waals surface area (Å²) in [5.74, 6) is -1.56. The number of aromatic nitrogens is 1. The Labute approximate surface area is 132 Å².